The molecule has 2 aromatic carbocycles. The fourth-order valence-electron chi connectivity index (χ4n) is 2.12. The number of benzene rings is 2. The average molecular weight is 322 g/mol. The van der Waals surface area contributed by atoms with Crippen LogP contribution in [0.4, 0.5) is 0 Å². The molecule has 1 aliphatic rings. The van der Waals surface area contributed by atoms with Gasteiger partial charge in [0.1, 0.15) is 0 Å². The topological polar surface area (TPSA) is 34.1 Å². The molecule has 0 heterocycles. The monoisotopic (exact) mass is 320 g/mol. The van der Waals surface area contributed by atoms with Crippen LogP contribution in [0.15, 0.2) is 40.9 Å². The number of rotatable bonds is 0. The van der Waals surface area contributed by atoms with Gasteiger partial charge in [-0.05, 0) is 28.1 Å². The summed E-state index contributed by atoms with van der Waals surface area (Å²) in [5, 5.41) is 0.425. The molecule has 3 rings (SSSR count). The standard InChI is InChI=1S/C14H6BrClO2/c15-12-10(16)6-5-9-11(12)14(18)8-4-2-1-3-7(8)13(9)17/h1-6H. The predicted molar refractivity (Wildman–Crippen MR) is 72.5 cm³/mol. The van der Waals surface area contributed by atoms with Crippen molar-refractivity contribution < 1.29 is 9.59 Å². The molecule has 0 amide bonds. The lowest BCUT2D eigenvalue weighted by molar-refractivity contribution is 0.0978. The lowest BCUT2D eigenvalue weighted by Crippen LogP contribution is -2.21. The smallest absolute Gasteiger partial charge is 0.195 e. The van der Waals surface area contributed by atoms with Gasteiger partial charge in [-0.3, -0.25) is 9.59 Å². The summed E-state index contributed by atoms with van der Waals surface area (Å²) in [7, 11) is 0. The molecule has 0 saturated heterocycles. The molecule has 0 aromatic heterocycles. The van der Waals surface area contributed by atoms with Gasteiger partial charge in [0.25, 0.3) is 0 Å². The minimum Gasteiger partial charge on any atom is -0.289 e. The second kappa shape index (κ2) is 4.04. The molecule has 0 fully saturated rings. The van der Waals surface area contributed by atoms with E-state index in [0.29, 0.717) is 31.7 Å². The van der Waals surface area contributed by atoms with E-state index < -0.39 is 0 Å². The lowest BCUT2D eigenvalue weighted by Gasteiger charge is -2.18. The first-order valence-corrected chi connectivity index (χ1v) is 6.45. The van der Waals surface area contributed by atoms with Crippen molar-refractivity contribution in [1.29, 1.82) is 0 Å². The van der Waals surface area contributed by atoms with Crippen LogP contribution in [0.5, 0.6) is 0 Å². The van der Waals surface area contributed by atoms with Gasteiger partial charge in [0, 0.05) is 26.7 Å². The van der Waals surface area contributed by atoms with E-state index in [4.69, 9.17) is 11.6 Å². The molecule has 0 atom stereocenters. The Morgan fingerprint density at radius 2 is 1.44 bits per heavy atom. The molecule has 4 heteroatoms. The highest BCUT2D eigenvalue weighted by Gasteiger charge is 2.31. The van der Waals surface area contributed by atoms with Crippen LogP contribution in [0, 0.1) is 0 Å². The second-order valence-electron chi connectivity index (χ2n) is 3.99. The summed E-state index contributed by atoms with van der Waals surface area (Å²) in [6.45, 7) is 0. The summed E-state index contributed by atoms with van der Waals surface area (Å²) in [5.41, 5.74) is 1.63. The number of halogens is 2. The van der Waals surface area contributed by atoms with E-state index >= 15 is 0 Å². The Hall–Kier alpha value is -1.45. The van der Waals surface area contributed by atoms with E-state index in [1.807, 2.05) is 0 Å². The van der Waals surface area contributed by atoms with Gasteiger partial charge in [-0.1, -0.05) is 35.9 Å². The molecule has 0 unspecified atom stereocenters. The molecule has 0 saturated carbocycles. The van der Waals surface area contributed by atoms with E-state index in [0.717, 1.165) is 0 Å². The van der Waals surface area contributed by atoms with Gasteiger partial charge in [-0.2, -0.15) is 0 Å². The van der Waals surface area contributed by atoms with Crippen molar-refractivity contribution in [2.45, 2.75) is 0 Å². The van der Waals surface area contributed by atoms with Gasteiger partial charge >= 0.3 is 0 Å². The summed E-state index contributed by atoms with van der Waals surface area (Å²) in [6.07, 6.45) is 0. The average Bonchev–Trinajstić information content (AvgIpc) is 2.39. The van der Waals surface area contributed by atoms with E-state index in [-0.39, 0.29) is 11.6 Å². The first-order chi connectivity index (χ1) is 8.61. The third-order valence-corrected chi connectivity index (χ3v) is 4.35. The molecule has 2 nitrogen and oxygen atoms in total. The van der Waals surface area contributed by atoms with Gasteiger partial charge in [0.05, 0.1) is 5.02 Å². The van der Waals surface area contributed by atoms with Crippen molar-refractivity contribution in [1.82, 2.24) is 0 Å². The van der Waals surface area contributed by atoms with E-state index in [2.05, 4.69) is 15.9 Å². The molecule has 0 aliphatic heterocycles. The molecule has 88 valence electrons. The molecular formula is C14H6BrClO2. The van der Waals surface area contributed by atoms with Crippen molar-refractivity contribution in [2.75, 3.05) is 0 Å². The highest BCUT2D eigenvalue weighted by atomic mass is 79.9. The molecule has 18 heavy (non-hydrogen) atoms. The summed E-state index contributed by atoms with van der Waals surface area (Å²) in [5.74, 6) is -0.313. The maximum Gasteiger partial charge on any atom is 0.195 e. The zero-order chi connectivity index (χ0) is 12.9. The van der Waals surface area contributed by atoms with Gasteiger partial charge in [-0.15, -0.1) is 0 Å². The van der Waals surface area contributed by atoms with Gasteiger partial charge < -0.3 is 0 Å². The first kappa shape index (κ1) is 11.6. The molecule has 0 bridgehead atoms. The normalized spacial score (nSPS) is 13.2. The lowest BCUT2D eigenvalue weighted by atomic mass is 9.84. The minimum absolute atomic E-state index is 0.141. The van der Waals surface area contributed by atoms with Crippen molar-refractivity contribution in [3.63, 3.8) is 0 Å². The van der Waals surface area contributed by atoms with Crippen LogP contribution in [0.25, 0.3) is 0 Å². The van der Waals surface area contributed by atoms with E-state index in [9.17, 15) is 9.59 Å². The Kier molecular flexibility index (Phi) is 2.61. The van der Waals surface area contributed by atoms with Crippen LogP contribution < -0.4 is 0 Å². The number of carbonyl (C=O) groups excluding carboxylic acids is 2. The van der Waals surface area contributed by atoms with Crippen LogP contribution >= 0.6 is 27.5 Å². The molecule has 0 N–H and O–H groups in total. The van der Waals surface area contributed by atoms with Crippen molar-refractivity contribution >= 4 is 39.1 Å². The fourth-order valence-corrected chi connectivity index (χ4v) is 2.80. The summed E-state index contributed by atoms with van der Waals surface area (Å²) >= 11 is 9.26. The quantitative estimate of drug-likeness (QED) is 0.630. The van der Waals surface area contributed by atoms with Crippen LogP contribution in [0.1, 0.15) is 31.8 Å². The van der Waals surface area contributed by atoms with E-state index in [1.54, 1.807) is 36.4 Å². The highest BCUT2D eigenvalue weighted by Crippen LogP contribution is 2.35. The second-order valence-corrected chi connectivity index (χ2v) is 5.19. The molecule has 2 aromatic rings. The van der Waals surface area contributed by atoms with E-state index in [1.165, 1.54) is 0 Å². The molecule has 0 radical (unpaired) electrons. The largest absolute Gasteiger partial charge is 0.289 e. The van der Waals surface area contributed by atoms with Gasteiger partial charge in [0.15, 0.2) is 11.6 Å². The Morgan fingerprint density at radius 1 is 0.833 bits per heavy atom. The predicted octanol–water partition coefficient (Wildman–Crippen LogP) is 3.88. The third kappa shape index (κ3) is 1.48. The number of hydrogen-bond donors (Lipinski definition) is 0. The SMILES string of the molecule is O=C1c2ccccc2C(=O)c2c1ccc(Cl)c2Br. The fraction of sp³-hybridized carbons (Fsp3) is 0. The molecule has 1 aliphatic carbocycles. The van der Waals surface area contributed by atoms with Crippen molar-refractivity contribution in [2.24, 2.45) is 0 Å². The van der Waals surface area contributed by atoms with Crippen molar-refractivity contribution in [3.8, 4) is 0 Å². The Morgan fingerprint density at radius 3 is 2.11 bits per heavy atom. The highest BCUT2D eigenvalue weighted by molar-refractivity contribution is 9.10. The number of carbonyl (C=O) groups is 2. The van der Waals surface area contributed by atoms with Crippen LogP contribution in [0.3, 0.4) is 0 Å². The van der Waals surface area contributed by atoms with Crippen LogP contribution in [-0.4, -0.2) is 11.6 Å². The first-order valence-electron chi connectivity index (χ1n) is 5.27. The zero-order valence-electron chi connectivity index (χ0n) is 9.04. The van der Waals surface area contributed by atoms with Gasteiger partial charge in [0.2, 0.25) is 0 Å². The Labute approximate surface area is 117 Å². The zero-order valence-corrected chi connectivity index (χ0v) is 11.4. The maximum absolute atomic E-state index is 12.4. The van der Waals surface area contributed by atoms with Crippen LogP contribution in [0.2, 0.25) is 5.02 Å². The molecule has 0 spiro atoms. The summed E-state index contributed by atoms with van der Waals surface area (Å²) < 4.78 is 0.481. The Bertz CT molecular complexity index is 707. The Balaban J connectivity index is 2.38. The third-order valence-electron chi connectivity index (χ3n) is 2.98. The van der Waals surface area contributed by atoms with Gasteiger partial charge in [-0.25, -0.2) is 0 Å². The number of ketones is 2. The summed E-state index contributed by atoms with van der Waals surface area (Å²) in [4.78, 5) is 24.7. The number of fused-ring (bicyclic) bond motifs is 2. The maximum atomic E-state index is 12.4. The minimum atomic E-state index is -0.172. The number of hydrogen-bond acceptors (Lipinski definition) is 2. The van der Waals surface area contributed by atoms with Crippen molar-refractivity contribution in [3.05, 3.63) is 68.1 Å². The summed E-state index contributed by atoms with van der Waals surface area (Å²) in [6, 6.07) is 10.0. The molecular weight excluding hydrogens is 316 g/mol. The van der Waals surface area contributed by atoms with Crippen LogP contribution in [-0.2, 0) is 0 Å².